The molecule has 1 aromatic heterocycles. The fourth-order valence-corrected chi connectivity index (χ4v) is 2.97. The summed E-state index contributed by atoms with van der Waals surface area (Å²) in [6, 6.07) is 5.18. The number of nitrogens with zero attached hydrogens (tertiary/aromatic N) is 1. The number of carbonyl (C=O) groups is 1. The molecule has 6 heteroatoms. The Morgan fingerprint density at radius 1 is 1.53 bits per heavy atom. The van der Waals surface area contributed by atoms with E-state index in [0.29, 0.717) is 21.6 Å². The van der Waals surface area contributed by atoms with Gasteiger partial charge in [0.1, 0.15) is 5.82 Å². The summed E-state index contributed by atoms with van der Waals surface area (Å²) in [5.74, 6) is 0.683. The van der Waals surface area contributed by atoms with Crippen LogP contribution in [0.25, 0.3) is 0 Å². The van der Waals surface area contributed by atoms with Gasteiger partial charge in [0.05, 0.1) is 12.0 Å². The van der Waals surface area contributed by atoms with Crippen LogP contribution in [0.1, 0.15) is 6.92 Å². The molecule has 1 aliphatic heterocycles. The predicted octanol–water partition coefficient (Wildman–Crippen LogP) is 3.17. The molecule has 1 aromatic rings. The summed E-state index contributed by atoms with van der Waals surface area (Å²) in [4.78, 5) is 16.8. The molecular weight excluding hydrogens is 284 g/mol. The molecule has 0 aliphatic carbocycles. The van der Waals surface area contributed by atoms with Crippen LogP contribution in [0.5, 0.6) is 5.88 Å². The van der Waals surface area contributed by atoms with E-state index < -0.39 is 0 Å². The van der Waals surface area contributed by atoms with E-state index in [1.165, 1.54) is 18.9 Å². The topological polar surface area (TPSA) is 51.2 Å². The normalized spacial score (nSPS) is 18.4. The van der Waals surface area contributed by atoms with Crippen LogP contribution in [-0.4, -0.2) is 23.3 Å². The maximum atomic E-state index is 12.1. The Labute approximate surface area is 120 Å². The van der Waals surface area contributed by atoms with Gasteiger partial charge in [0.15, 0.2) is 0 Å². The van der Waals surface area contributed by atoms with E-state index in [4.69, 9.17) is 16.3 Å². The number of aromatic nitrogens is 1. The Hall–Kier alpha value is -1.46. The van der Waals surface area contributed by atoms with Crippen molar-refractivity contribution < 1.29 is 9.53 Å². The minimum Gasteiger partial charge on any atom is -0.481 e. The maximum Gasteiger partial charge on any atom is 0.263 e. The predicted molar refractivity (Wildman–Crippen MR) is 78.5 cm³/mol. The van der Waals surface area contributed by atoms with Crippen molar-refractivity contribution in [2.75, 3.05) is 12.4 Å². The minimum atomic E-state index is -0.219. The van der Waals surface area contributed by atoms with Crippen molar-refractivity contribution in [3.8, 4) is 5.88 Å². The molecule has 0 saturated heterocycles. The molecule has 2 heterocycles. The van der Waals surface area contributed by atoms with Crippen molar-refractivity contribution in [2.24, 2.45) is 0 Å². The van der Waals surface area contributed by atoms with Crippen molar-refractivity contribution in [3.63, 3.8) is 0 Å². The lowest BCUT2D eigenvalue weighted by atomic mass is 10.3. The lowest BCUT2D eigenvalue weighted by Gasteiger charge is -2.15. The van der Waals surface area contributed by atoms with Gasteiger partial charge in [-0.1, -0.05) is 23.7 Å². The molecule has 19 heavy (non-hydrogen) atoms. The van der Waals surface area contributed by atoms with Crippen LogP contribution in [0.2, 0.25) is 0 Å². The van der Waals surface area contributed by atoms with Gasteiger partial charge < -0.3 is 10.1 Å². The minimum absolute atomic E-state index is 0.177. The van der Waals surface area contributed by atoms with Gasteiger partial charge in [-0.2, -0.15) is 4.98 Å². The van der Waals surface area contributed by atoms with Crippen LogP contribution in [0.15, 0.2) is 40.3 Å². The van der Waals surface area contributed by atoms with Crippen LogP contribution >= 0.6 is 23.4 Å². The van der Waals surface area contributed by atoms with Gasteiger partial charge in [0.25, 0.3) is 5.91 Å². The molecule has 1 atom stereocenters. The number of thioether (sulfide) groups is 1. The second-order valence-electron chi connectivity index (χ2n) is 3.90. The highest BCUT2D eigenvalue weighted by Crippen LogP contribution is 2.31. The first-order valence-electron chi connectivity index (χ1n) is 5.66. The zero-order valence-electron chi connectivity index (χ0n) is 10.5. The standard InChI is InChI=1S/C13H13ClN2O2S/c1-8-6-9(14)7-10(19-8)13(17)16-11-4-3-5-12(15-11)18-2/h3-8H,1-2H3,(H,15,16,17). The summed E-state index contributed by atoms with van der Waals surface area (Å²) in [6.07, 6.45) is 3.55. The second kappa shape index (κ2) is 6.12. The van der Waals surface area contributed by atoms with Gasteiger partial charge in [-0.05, 0) is 19.1 Å². The first-order chi connectivity index (χ1) is 9.08. The molecule has 1 N–H and O–H groups in total. The number of hydrogen-bond acceptors (Lipinski definition) is 4. The summed E-state index contributed by atoms with van der Waals surface area (Å²) in [5, 5.41) is 3.48. The summed E-state index contributed by atoms with van der Waals surface area (Å²) in [6.45, 7) is 1.98. The number of rotatable bonds is 3. The number of halogens is 1. The lowest BCUT2D eigenvalue weighted by molar-refractivity contribution is -0.112. The third-order valence-corrected chi connectivity index (χ3v) is 3.67. The molecule has 1 unspecified atom stereocenters. The zero-order valence-corrected chi connectivity index (χ0v) is 12.1. The second-order valence-corrected chi connectivity index (χ2v) is 5.76. The monoisotopic (exact) mass is 296 g/mol. The fourth-order valence-electron chi connectivity index (χ4n) is 1.56. The van der Waals surface area contributed by atoms with E-state index >= 15 is 0 Å². The maximum absolute atomic E-state index is 12.1. The number of nitrogens with one attached hydrogen (secondary N) is 1. The van der Waals surface area contributed by atoms with Gasteiger partial charge in [-0.25, -0.2) is 0 Å². The Morgan fingerprint density at radius 2 is 2.32 bits per heavy atom. The van der Waals surface area contributed by atoms with Crippen molar-refractivity contribution in [2.45, 2.75) is 12.2 Å². The average molecular weight is 297 g/mol. The molecule has 1 aliphatic rings. The number of anilines is 1. The van der Waals surface area contributed by atoms with E-state index in [2.05, 4.69) is 10.3 Å². The fraction of sp³-hybridized carbons (Fsp3) is 0.231. The van der Waals surface area contributed by atoms with Crippen molar-refractivity contribution >= 4 is 35.1 Å². The highest BCUT2D eigenvalue weighted by molar-refractivity contribution is 8.04. The number of ether oxygens (including phenoxy) is 1. The first-order valence-corrected chi connectivity index (χ1v) is 6.92. The smallest absolute Gasteiger partial charge is 0.263 e. The number of hydrogen-bond donors (Lipinski definition) is 1. The number of amides is 1. The molecule has 1 amide bonds. The van der Waals surface area contributed by atoms with E-state index in [1.807, 2.05) is 13.0 Å². The average Bonchev–Trinajstić information content (AvgIpc) is 2.37. The molecule has 2 rings (SSSR count). The van der Waals surface area contributed by atoms with Gasteiger partial charge in [-0.15, -0.1) is 11.8 Å². The van der Waals surface area contributed by atoms with E-state index in [0.717, 1.165) is 0 Å². The van der Waals surface area contributed by atoms with Gasteiger partial charge >= 0.3 is 0 Å². The Morgan fingerprint density at radius 3 is 3.00 bits per heavy atom. The molecule has 4 nitrogen and oxygen atoms in total. The molecule has 0 radical (unpaired) electrons. The molecular formula is C13H13ClN2O2S. The molecule has 0 fully saturated rings. The van der Waals surface area contributed by atoms with Crippen molar-refractivity contribution in [3.05, 3.63) is 40.3 Å². The van der Waals surface area contributed by atoms with Gasteiger partial charge in [0.2, 0.25) is 5.88 Å². The SMILES string of the molecule is COc1cccc(NC(=O)C2=CC(Cl)=CC(C)S2)n1. The zero-order chi connectivity index (χ0) is 13.8. The van der Waals surface area contributed by atoms with Crippen LogP contribution in [0.3, 0.4) is 0 Å². The molecule has 0 spiro atoms. The summed E-state index contributed by atoms with van der Waals surface area (Å²) < 4.78 is 5.00. The van der Waals surface area contributed by atoms with Crippen LogP contribution in [-0.2, 0) is 4.79 Å². The van der Waals surface area contributed by atoms with Crippen LogP contribution < -0.4 is 10.1 Å². The number of methoxy groups -OCH3 is 1. The van der Waals surface area contributed by atoms with E-state index in [9.17, 15) is 4.79 Å². The number of carbonyl (C=O) groups excluding carboxylic acids is 1. The van der Waals surface area contributed by atoms with Crippen LogP contribution in [0, 0.1) is 0 Å². The van der Waals surface area contributed by atoms with E-state index in [-0.39, 0.29) is 11.2 Å². The van der Waals surface area contributed by atoms with Crippen molar-refractivity contribution in [1.29, 1.82) is 0 Å². The van der Waals surface area contributed by atoms with Crippen LogP contribution in [0.4, 0.5) is 5.82 Å². The molecule has 0 saturated carbocycles. The Kier molecular flexibility index (Phi) is 4.50. The summed E-state index contributed by atoms with van der Waals surface area (Å²) in [7, 11) is 1.53. The third kappa shape index (κ3) is 3.75. The van der Waals surface area contributed by atoms with E-state index in [1.54, 1.807) is 24.3 Å². The lowest BCUT2D eigenvalue weighted by Crippen LogP contribution is -2.16. The first kappa shape index (κ1) is 14.0. The third-order valence-electron chi connectivity index (χ3n) is 2.37. The van der Waals surface area contributed by atoms with Gasteiger partial charge in [-0.3, -0.25) is 4.79 Å². The highest BCUT2D eigenvalue weighted by Gasteiger charge is 2.18. The van der Waals surface area contributed by atoms with Gasteiger partial charge in [0, 0.05) is 16.3 Å². The highest BCUT2D eigenvalue weighted by atomic mass is 35.5. The molecule has 0 bridgehead atoms. The Balaban J connectivity index is 2.11. The number of allylic oxidation sites excluding steroid dienone is 2. The number of pyridine rings is 1. The molecule has 0 aromatic carbocycles. The summed E-state index contributed by atoms with van der Waals surface area (Å²) >= 11 is 7.41. The summed E-state index contributed by atoms with van der Waals surface area (Å²) in [5.41, 5.74) is 0. The largest absolute Gasteiger partial charge is 0.481 e. The van der Waals surface area contributed by atoms with Crippen molar-refractivity contribution in [1.82, 2.24) is 4.98 Å². The Bertz CT molecular complexity index is 557. The molecule has 100 valence electrons. The quantitative estimate of drug-likeness (QED) is 0.931.